The van der Waals surface area contributed by atoms with Gasteiger partial charge in [0.2, 0.25) is 0 Å². The molecule has 1 unspecified atom stereocenters. The summed E-state index contributed by atoms with van der Waals surface area (Å²) in [4.78, 5) is 13.4. The van der Waals surface area contributed by atoms with Crippen molar-refractivity contribution < 1.29 is 23.4 Å². The Balaban J connectivity index is 2.84. The molecule has 22 heavy (non-hydrogen) atoms. The SMILES string of the molecule is CCOC(=O)CN(CC(O)c1ccc(F)c(F)c1)C(C)(C)C. The van der Waals surface area contributed by atoms with Gasteiger partial charge in [-0.15, -0.1) is 0 Å². The first-order chi connectivity index (χ1) is 10.1. The van der Waals surface area contributed by atoms with Crippen LogP contribution in [0.25, 0.3) is 0 Å². The molecule has 0 radical (unpaired) electrons. The molecule has 124 valence electrons. The van der Waals surface area contributed by atoms with Crippen LogP contribution in [0.15, 0.2) is 18.2 Å². The third-order valence-electron chi connectivity index (χ3n) is 3.30. The summed E-state index contributed by atoms with van der Waals surface area (Å²) in [5.41, 5.74) is -0.135. The van der Waals surface area contributed by atoms with E-state index in [-0.39, 0.29) is 25.3 Å². The van der Waals surface area contributed by atoms with Gasteiger partial charge in [0.1, 0.15) is 0 Å². The molecule has 0 amide bonds. The van der Waals surface area contributed by atoms with Gasteiger partial charge in [-0.2, -0.15) is 0 Å². The molecule has 0 spiro atoms. The summed E-state index contributed by atoms with van der Waals surface area (Å²) in [5.74, 6) is -2.37. The predicted octanol–water partition coefficient (Wildman–Crippen LogP) is 2.66. The molecule has 1 rings (SSSR count). The molecule has 0 aliphatic heterocycles. The molecule has 0 aliphatic rings. The number of carbonyl (C=O) groups is 1. The first kappa shape index (κ1) is 18.5. The standard InChI is InChI=1S/C16H23F2NO3/c1-5-22-15(21)10-19(16(2,3)4)9-14(20)11-6-7-12(17)13(18)8-11/h6-8,14,20H,5,9-10H2,1-4H3. The van der Waals surface area contributed by atoms with Gasteiger partial charge < -0.3 is 9.84 Å². The molecule has 6 heteroatoms. The quantitative estimate of drug-likeness (QED) is 0.820. The third-order valence-corrected chi connectivity index (χ3v) is 3.30. The van der Waals surface area contributed by atoms with E-state index in [0.29, 0.717) is 0 Å². The van der Waals surface area contributed by atoms with Crippen LogP contribution >= 0.6 is 0 Å². The predicted molar refractivity (Wildman–Crippen MR) is 79.3 cm³/mol. The largest absolute Gasteiger partial charge is 0.465 e. The number of rotatable bonds is 6. The molecule has 0 fully saturated rings. The number of halogens is 2. The van der Waals surface area contributed by atoms with E-state index in [4.69, 9.17) is 4.74 Å². The van der Waals surface area contributed by atoms with Gasteiger partial charge in [0.25, 0.3) is 0 Å². The minimum atomic E-state index is -1.04. The number of carbonyl (C=O) groups excluding carboxylic acids is 1. The molecule has 1 aromatic carbocycles. The molecule has 0 aromatic heterocycles. The number of nitrogens with zero attached hydrogens (tertiary/aromatic N) is 1. The van der Waals surface area contributed by atoms with Gasteiger partial charge >= 0.3 is 5.97 Å². The Morgan fingerprint density at radius 1 is 1.32 bits per heavy atom. The fourth-order valence-corrected chi connectivity index (χ4v) is 1.97. The van der Waals surface area contributed by atoms with E-state index in [9.17, 15) is 18.7 Å². The average molecular weight is 315 g/mol. The Morgan fingerprint density at radius 2 is 1.95 bits per heavy atom. The molecule has 0 heterocycles. The zero-order chi connectivity index (χ0) is 16.9. The molecule has 4 nitrogen and oxygen atoms in total. The van der Waals surface area contributed by atoms with Crippen LogP contribution in [-0.2, 0) is 9.53 Å². The second kappa shape index (κ2) is 7.65. The van der Waals surface area contributed by atoms with Gasteiger partial charge in [-0.3, -0.25) is 9.69 Å². The maximum absolute atomic E-state index is 13.2. The Kier molecular flexibility index (Phi) is 6.44. The summed E-state index contributed by atoms with van der Waals surface area (Å²) in [5, 5.41) is 10.2. The molecular formula is C16H23F2NO3. The lowest BCUT2D eigenvalue weighted by Crippen LogP contribution is -2.46. The third kappa shape index (κ3) is 5.35. The highest BCUT2D eigenvalue weighted by atomic mass is 19.2. The summed E-state index contributed by atoms with van der Waals surface area (Å²) in [7, 11) is 0. The van der Waals surface area contributed by atoms with Gasteiger partial charge in [-0.25, -0.2) is 8.78 Å². The number of benzene rings is 1. The van der Waals surface area contributed by atoms with Crippen LogP contribution in [0.2, 0.25) is 0 Å². The summed E-state index contributed by atoms with van der Waals surface area (Å²) in [6.07, 6.45) is -1.04. The number of aliphatic hydroxyl groups excluding tert-OH is 1. The molecule has 1 N–H and O–H groups in total. The van der Waals surface area contributed by atoms with Crippen LogP contribution in [0.4, 0.5) is 8.78 Å². The van der Waals surface area contributed by atoms with E-state index in [1.807, 2.05) is 20.8 Å². The van der Waals surface area contributed by atoms with Gasteiger partial charge in [0.15, 0.2) is 11.6 Å². The Bertz CT molecular complexity index is 515. The minimum Gasteiger partial charge on any atom is -0.465 e. The number of aliphatic hydroxyl groups is 1. The van der Waals surface area contributed by atoms with Gasteiger partial charge in [0, 0.05) is 12.1 Å². The number of hydrogen-bond donors (Lipinski definition) is 1. The smallest absolute Gasteiger partial charge is 0.320 e. The summed E-state index contributed by atoms with van der Waals surface area (Å²) in [6.45, 7) is 7.79. The maximum Gasteiger partial charge on any atom is 0.320 e. The molecule has 0 saturated heterocycles. The summed E-state index contributed by atoms with van der Waals surface area (Å²) >= 11 is 0. The lowest BCUT2D eigenvalue weighted by Gasteiger charge is -2.36. The maximum atomic E-state index is 13.2. The summed E-state index contributed by atoms with van der Waals surface area (Å²) in [6, 6.07) is 3.26. The van der Waals surface area contributed by atoms with Crippen molar-refractivity contribution in [2.45, 2.75) is 39.3 Å². The van der Waals surface area contributed by atoms with E-state index < -0.39 is 29.2 Å². The lowest BCUT2D eigenvalue weighted by molar-refractivity contribution is -0.146. The van der Waals surface area contributed by atoms with Crippen LogP contribution < -0.4 is 0 Å². The fourth-order valence-electron chi connectivity index (χ4n) is 1.97. The summed E-state index contributed by atoms with van der Waals surface area (Å²) < 4.78 is 31.1. The first-order valence-corrected chi connectivity index (χ1v) is 7.18. The monoisotopic (exact) mass is 315 g/mol. The number of esters is 1. The second-order valence-electron chi connectivity index (χ2n) is 6.05. The van der Waals surface area contributed by atoms with Crippen molar-refractivity contribution >= 4 is 5.97 Å². The second-order valence-corrected chi connectivity index (χ2v) is 6.05. The van der Waals surface area contributed by atoms with E-state index in [0.717, 1.165) is 12.1 Å². The Hall–Kier alpha value is -1.53. The molecule has 1 aromatic rings. The zero-order valence-corrected chi connectivity index (χ0v) is 13.4. The van der Waals surface area contributed by atoms with Crippen LogP contribution in [0.3, 0.4) is 0 Å². The van der Waals surface area contributed by atoms with Crippen molar-refractivity contribution in [2.75, 3.05) is 19.7 Å². The lowest BCUT2D eigenvalue weighted by atomic mass is 10.0. The van der Waals surface area contributed by atoms with Crippen LogP contribution in [0.5, 0.6) is 0 Å². The van der Waals surface area contributed by atoms with Gasteiger partial charge in [-0.1, -0.05) is 6.07 Å². The Labute approximate surface area is 129 Å². The van der Waals surface area contributed by atoms with Crippen molar-refractivity contribution in [3.63, 3.8) is 0 Å². The fraction of sp³-hybridized carbons (Fsp3) is 0.562. The molecule has 1 atom stereocenters. The van der Waals surface area contributed by atoms with Crippen LogP contribution in [0.1, 0.15) is 39.4 Å². The van der Waals surface area contributed by atoms with Crippen LogP contribution in [0, 0.1) is 11.6 Å². The average Bonchev–Trinajstić information content (AvgIpc) is 2.40. The van der Waals surface area contributed by atoms with Gasteiger partial charge in [0.05, 0.1) is 19.3 Å². The highest BCUT2D eigenvalue weighted by molar-refractivity contribution is 5.71. The van der Waals surface area contributed by atoms with Crippen molar-refractivity contribution in [1.29, 1.82) is 0 Å². The van der Waals surface area contributed by atoms with Crippen LogP contribution in [-0.4, -0.2) is 41.2 Å². The van der Waals surface area contributed by atoms with Crippen molar-refractivity contribution in [1.82, 2.24) is 4.90 Å². The zero-order valence-electron chi connectivity index (χ0n) is 13.4. The molecular weight excluding hydrogens is 292 g/mol. The molecule has 0 bridgehead atoms. The van der Waals surface area contributed by atoms with Crippen molar-refractivity contribution in [3.05, 3.63) is 35.4 Å². The van der Waals surface area contributed by atoms with Crippen molar-refractivity contribution in [2.24, 2.45) is 0 Å². The van der Waals surface area contributed by atoms with E-state index in [1.54, 1.807) is 11.8 Å². The number of ether oxygens (including phenoxy) is 1. The Morgan fingerprint density at radius 3 is 2.45 bits per heavy atom. The highest BCUT2D eigenvalue weighted by Crippen LogP contribution is 2.21. The first-order valence-electron chi connectivity index (χ1n) is 7.18. The topological polar surface area (TPSA) is 49.8 Å². The normalized spacial score (nSPS) is 13.3. The minimum absolute atomic E-state index is 0.0120. The van der Waals surface area contributed by atoms with Crippen molar-refractivity contribution in [3.8, 4) is 0 Å². The van der Waals surface area contributed by atoms with Gasteiger partial charge in [-0.05, 0) is 45.4 Å². The highest BCUT2D eigenvalue weighted by Gasteiger charge is 2.27. The number of β-amino-alcohol motifs (C(OH)–C–C–N with tert-alkyl or cyclic N) is 1. The molecule has 0 saturated carbocycles. The molecule has 0 aliphatic carbocycles. The number of hydrogen-bond acceptors (Lipinski definition) is 4. The van der Waals surface area contributed by atoms with E-state index in [2.05, 4.69) is 0 Å². The van der Waals surface area contributed by atoms with E-state index in [1.165, 1.54) is 6.07 Å². The van der Waals surface area contributed by atoms with E-state index >= 15 is 0 Å².